The Labute approximate surface area is 206 Å². The van der Waals surface area contributed by atoms with E-state index >= 15 is 0 Å². The average molecular weight is 521 g/mol. The summed E-state index contributed by atoms with van der Waals surface area (Å²) in [5.41, 5.74) is 3.88. The number of aromatic nitrogens is 1. The number of fused-ring (bicyclic) bond motifs is 2. The number of rotatable bonds is 3. The topological polar surface area (TPSA) is 39.6 Å². The van der Waals surface area contributed by atoms with E-state index in [0.29, 0.717) is 18.1 Å². The SMILES string of the molecule is Cl.OCC1C2=C(CCN1C1CCN(c3ccc(Cl)c(C(F)(F)F)n3)C1)c1cc(Cl)ccc1C2. The number of pyridine rings is 1. The first kappa shape index (κ1) is 24.6. The fraction of sp³-hybridized carbons (Fsp3) is 0.435. The second kappa shape index (κ2) is 9.27. The van der Waals surface area contributed by atoms with Gasteiger partial charge in [0, 0.05) is 30.7 Å². The van der Waals surface area contributed by atoms with Crippen molar-refractivity contribution < 1.29 is 18.3 Å². The van der Waals surface area contributed by atoms with E-state index in [1.165, 1.54) is 34.4 Å². The zero-order chi connectivity index (χ0) is 22.6. The van der Waals surface area contributed by atoms with Crippen molar-refractivity contribution in [3.63, 3.8) is 0 Å². The molecule has 10 heteroatoms. The van der Waals surface area contributed by atoms with Crippen LogP contribution in [0.15, 0.2) is 35.9 Å². The van der Waals surface area contributed by atoms with E-state index < -0.39 is 16.9 Å². The molecule has 0 amide bonds. The molecule has 178 valence electrons. The minimum absolute atomic E-state index is 0. The van der Waals surface area contributed by atoms with Crippen molar-refractivity contribution in [3.8, 4) is 0 Å². The van der Waals surface area contributed by atoms with Gasteiger partial charge in [-0.25, -0.2) is 4.98 Å². The number of nitrogens with zero attached hydrogens (tertiary/aromatic N) is 3. The Kier molecular flexibility index (Phi) is 6.91. The Morgan fingerprint density at radius 1 is 1.12 bits per heavy atom. The van der Waals surface area contributed by atoms with E-state index in [9.17, 15) is 18.3 Å². The lowest BCUT2D eigenvalue weighted by Crippen LogP contribution is -2.50. The molecule has 2 unspecified atom stereocenters. The lowest BCUT2D eigenvalue weighted by Gasteiger charge is -2.40. The first-order chi connectivity index (χ1) is 15.3. The summed E-state index contributed by atoms with van der Waals surface area (Å²) in [6.07, 6.45) is -2.13. The normalized spacial score (nSPS) is 22.9. The van der Waals surface area contributed by atoms with Crippen LogP contribution in [0.4, 0.5) is 19.0 Å². The number of alkyl halides is 3. The van der Waals surface area contributed by atoms with Gasteiger partial charge in [0.15, 0.2) is 5.69 Å². The van der Waals surface area contributed by atoms with E-state index in [-0.39, 0.29) is 36.9 Å². The molecule has 0 bridgehead atoms. The van der Waals surface area contributed by atoms with E-state index in [0.717, 1.165) is 25.8 Å². The number of benzene rings is 1. The van der Waals surface area contributed by atoms with Gasteiger partial charge >= 0.3 is 6.18 Å². The Morgan fingerprint density at radius 3 is 2.64 bits per heavy atom. The lowest BCUT2D eigenvalue weighted by molar-refractivity contribution is -0.141. The van der Waals surface area contributed by atoms with Crippen LogP contribution in [0, 0.1) is 0 Å². The molecular weight excluding hydrogens is 498 g/mol. The van der Waals surface area contributed by atoms with Gasteiger partial charge in [0.05, 0.1) is 17.7 Å². The summed E-state index contributed by atoms with van der Waals surface area (Å²) in [5.74, 6) is 0.282. The molecular formula is C23H23Cl3F3N3O. The van der Waals surface area contributed by atoms with Crippen molar-refractivity contribution >= 4 is 47.0 Å². The maximum Gasteiger partial charge on any atom is 0.434 e. The third kappa shape index (κ3) is 4.46. The van der Waals surface area contributed by atoms with E-state index in [1.807, 2.05) is 17.0 Å². The van der Waals surface area contributed by atoms with Crippen molar-refractivity contribution in [2.24, 2.45) is 0 Å². The molecule has 33 heavy (non-hydrogen) atoms. The fourth-order valence-corrected chi connectivity index (χ4v) is 5.74. The van der Waals surface area contributed by atoms with Gasteiger partial charge in [-0.05, 0) is 65.8 Å². The number of aliphatic hydroxyl groups excluding tert-OH is 1. The summed E-state index contributed by atoms with van der Waals surface area (Å²) >= 11 is 11.9. The van der Waals surface area contributed by atoms with Gasteiger partial charge in [-0.1, -0.05) is 29.3 Å². The summed E-state index contributed by atoms with van der Waals surface area (Å²) < 4.78 is 39.7. The molecule has 1 aromatic heterocycles. The molecule has 1 fully saturated rings. The predicted molar refractivity (Wildman–Crippen MR) is 126 cm³/mol. The standard InChI is InChI=1S/C23H22Cl2F3N3O.ClH/c24-14-2-1-13-9-18-16(17(13)10-14)6-8-31(20(18)12-32)15-5-7-30(11-15)21-4-3-19(25)22(29-21)23(26,27)28;/h1-4,10,15,20,32H,5-9,11-12H2;1H. The summed E-state index contributed by atoms with van der Waals surface area (Å²) in [6.45, 7) is 1.96. The number of hydrogen-bond acceptors (Lipinski definition) is 4. The maximum absolute atomic E-state index is 13.2. The molecule has 0 spiro atoms. The Bertz CT molecular complexity index is 1090. The molecule has 3 aliphatic rings. The molecule has 1 aromatic carbocycles. The third-order valence-corrected chi connectivity index (χ3v) is 7.36. The Hall–Kier alpha value is -1.51. The lowest BCUT2D eigenvalue weighted by atomic mass is 9.91. The highest BCUT2D eigenvalue weighted by Gasteiger charge is 2.40. The van der Waals surface area contributed by atoms with Gasteiger partial charge < -0.3 is 10.0 Å². The highest BCUT2D eigenvalue weighted by molar-refractivity contribution is 6.31. The molecule has 1 saturated heterocycles. The first-order valence-corrected chi connectivity index (χ1v) is 11.4. The molecule has 2 aliphatic heterocycles. The van der Waals surface area contributed by atoms with Crippen LogP contribution < -0.4 is 4.90 Å². The van der Waals surface area contributed by atoms with Crippen LogP contribution in [0.1, 0.15) is 29.7 Å². The number of halogens is 6. The highest BCUT2D eigenvalue weighted by atomic mass is 35.5. The molecule has 2 aromatic rings. The first-order valence-electron chi connectivity index (χ1n) is 10.6. The molecule has 5 rings (SSSR count). The second-order valence-corrected chi connectivity index (χ2v) is 9.40. The number of aliphatic hydroxyl groups is 1. The Balaban J connectivity index is 0.00000259. The van der Waals surface area contributed by atoms with Crippen LogP contribution in [0.3, 0.4) is 0 Å². The van der Waals surface area contributed by atoms with E-state index in [2.05, 4.69) is 16.0 Å². The van der Waals surface area contributed by atoms with Gasteiger partial charge in [-0.2, -0.15) is 13.2 Å². The van der Waals surface area contributed by atoms with Crippen LogP contribution in [-0.4, -0.2) is 53.3 Å². The fourth-order valence-electron chi connectivity index (χ4n) is 5.36. The average Bonchev–Trinajstić information content (AvgIpc) is 3.37. The summed E-state index contributed by atoms with van der Waals surface area (Å²) in [6, 6.07) is 8.78. The molecule has 4 nitrogen and oxygen atoms in total. The third-order valence-electron chi connectivity index (χ3n) is 6.82. The Morgan fingerprint density at radius 2 is 1.91 bits per heavy atom. The summed E-state index contributed by atoms with van der Waals surface area (Å²) in [7, 11) is 0. The van der Waals surface area contributed by atoms with Gasteiger partial charge in [-0.3, -0.25) is 4.90 Å². The highest BCUT2D eigenvalue weighted by Crippen LogP contribution is 2.43. The molecule has 0 saturated carbocycles. The van der Waals surface area contributed by atoms with Gasteiger partial charge in [-0.15, -0.1) is 12.4 Å². The molecule has 1 aliphatic carbocycles. The minimum Gasteiger partial charge on any atom is -0.394 e. The van der Waals surface area contributed by atoms with E-state index in [4.69, 9.17) is 23.2 Å². The minimum atomic E-state index is -4.59. The van der Waals surface area contributed by atoms with Crippen molar-refractivity contribution in [2.75, 3.05) is 31.1 Å². The largest absolute Gasteiger partial charge is 0.434 e. The quantitative estimate of drug-likeness (QED) is 0.581. The molecule has 3 heterocycles. The summed E-state index contributed by atoms with van der Waals surface area (Å²) in [4.78, 5) is 8.00. The van der Waals surface area contributed by atoms with Crippen LogP contribution >= 0.6 is 35.6 Å². The van der Waals surface area contributed by atoms with Gasteiger partial charge in [0.1, 0.15) is 5.82 Å². The zero-order valence-corrected chi connectivity index (χ0v) is 19.9. The second-order valence-electron chi connectivity index (χ2n) is 8.55. The van der Waals surface area contributed by atoms with Crippen molar-refractivity contribution in [1.82, 2.24) is 9.88 Å². The molecule has 2 atom stereocenters. The van der Waals surface area contributed by atoms with Crippen LogP contribution in [-0.2, 0) is 12.6 Å². The predicted octanol–water partition coefficient (Wildman–Crippen LogP) is 5.48. The maximum atomic E-state index is 13.2. The van der Waals surface area contributed by atoms with Crippen molar-refractivity contribution in [1.29, 1.82) is 0 Å². The van der Waals surface area contributed by atoms with Crippen molar-refractivity contribution in [3.05, 3.63) is 62.8 Å². The van der Waals surface area contributed by atoms with Crippen LogP contribution in [0.2, 0.25) is 10.0 Å². The van der Waals surface area contributed by atoms with Gasteiger partial charge in [0.25, 0.3) is 0 Å². The number of hydrogen-bond donors (Lipinski definition) is 1. The monoisotopic (exact) mass is 519 g/mol. The number of anilines is 1. The summed E-state index contributed by atoms with van der Waals surface area (Å²) in [5, 5.41) is 10.6. The van der Waals surface area contributed by atoms with Crippen LogP contribution in [0.25, 0.3) is 5.57 Å². The van der Waals surface area contributed by atoms with Crippen LogP contribution in [0.5, 0.6) is 0 Å². The molecule has 0 radical (unpaired) electrons. The van der Waals surface area contributed by atoms with E-state index in [1.54, 1.807) is 0 Å². The van der Waals surface area contributed by atoms with Gasteiger partial charge in [0.2, 0.25) is 0 Å². The zero-order valence-electron chi connectivity index (χ0n) is 17.6. The smallest absolute Gasteiger partial charge is 0.394 e. The molecule has 1 N–H and O–H groups in total. The van der Waals surface area contributed by atoms with Crippen molar-refractivity contribution in [2.45, 2.75) is 37.5 Å².